The van der Waals surface area contributed by atoms with Crippen LogP contribution in [0.1, 0.15) is 23.0 Å². The number of aromatic nitrogens is 6. The van der Waals surface area contributed by atoms with Crippen molar-refractivity contribution in [1.82, 2.24) is 30.1 Å². The first-order valence-corrected chi connectivity index (χ1v) is 8.78. The highest BCUT2D eigenvalue weighted by Gasteiger charge is 2.13. The molecule has 0 amide bonds. The van der Waals surface area contributed by atoms with Gasteiger partial charge in [0.1, 0.15) is 5.82 Å². The van der Waals surface area contributed by atoms with Crippen molar-refractivity contribution in [3.8, 4) is 0 Å². The Labute approximate surface area is 150 Å². The van der Waals surface area contributed by atoms with Gasteiger partial charge in [-0.2, -0.15) is 0 Å². The van der Waals surface area contributed by atoms with Gasteiger partial charge < -0.3 is 14.4 Å². The monoisotopic (exact) mass is 370 g/mol. The van der Waals surface area contributed by atoms with Crippen molar-refractivity contribution in [3.05, 3.63) is 68.1 Å². The topological polar surface area (TPSA) is 133 Å². The molecule has 3 aromatic heterocycles. The first-order chi connectivity index (χ1) is 12.6. The zero-order valence-corrected chi connectivity index (χ0v) is 14.5. The van der Waals surface area contributed by atoms with E-state index < -0.39 is 11.2 Å². The van der Waals surface area contributed by atoms with E-state index in [1.807, 2.05) is 24.3 Å². The lowest BCUT2D eigenvalue weighted by molar-refractivity contribution is 0.419. The van der Waals surface area contributed by atoms with Crippen LogP contribution in [-0.2, 0) is 12.2 Å². The van der Waals surface area contributed by atoms with Crippen LogP contribution in [0.4, 0.5) is 0 Å². The van der Waals surface area contributed by atoms with Crippen molar-refractivity contribution in [2.75, 3.05) is 0 Å². The van der Waals surface area contributed by atoms with Gasteiger partial charge in [-0.05, 0) is 19.1 Å². The predicted molar refractivity (Wildman–Crippen MR) is 95.2 cm³/mol. The molecule has 3 heterocycles. The summed E-state index contributed by atoms with van der Waals surface area (Å²) in [7, 11) is 0. The third-order valence-electron chi connectivity index (χ3n) is 3.80. The molecule has 0 aliphatic rings. The van der Waals surface area contributed by atoms with E-state index in [1.54, 1.807) is 6.92 Å². The van der Waals surface area contributed by atoms with Crippen LogP contribution >= 0.6 is 11.8 Å². The first-order valence-electron chi connectivity index (χ1n) is 7.79. The lowest BCUT2D eigenvalue weighted by Gasteiger charge is -2.00. The van der Waals surface area contributed by atoms with E-state index in [-0.39, 0.29) is 6.42 Å². The lowest BCUT2D eigenvalue weighted by Crippen LogP contribution is -2.27. The molecule has 132 valence electrons. The van der Waals surface area contributed by atoms with Crippen molar-refractivity contribution < 1.29 is 4.42 Å². The normalized spacial score (nSPS) is 11.3. The minimum atomic E-state index is -0.538. The second kappa shape index (κ2) is 6.64. The van der Waals surface area contributed by atoms with Gasteiger partial charge in [0.15, 0.2) is 0 Å². The summed E-state index contributed by atoms with van der Waals surface area (Å²) in [6.07, 6.45) is 0.149. The molecule has 26 heavy (non-hydrogen) atoms. The molecule has 0 saturated carbocycles. The number of hydrogen-bond donors (Lipinski definition) is 3. The summed E-state index contributed by atoms with van der Waals surface area (Å²) in [5.41, 5.74) is 1.75. The molecule has 0 aliphatic heterocycles. The summed E-state index contributed by atoms with van der Waals surface area (Å²) < 4.78 is 5.58. The molecule has 4 aromatic rings. The number of hydrogen-bond acceptors (Lipinski definition) is 7. The van der Waals surface area contributed by atoms with Crippen LogP contribution in [0.3, 0.4) is 0 Å². The Morgan fingerprint density at radius 3 is 2.77 bits per heavy atom. The van der Waals surface area contributed by atoms with Gasteiger partial charge in [-0.1, -0.05) is 23.9 Å². The Hall–Kier alpha value is -3.14. The number of thioether (sulfide) groups is 1. The van der Waals surface area contributed by atoms with Gasteiger partial charge in [-0.3, -0.25) is 9.78 Å². The van der Waals surface area contributed by atoms with Crippen LogP contribution < -0.4 is 11.2 Å². The van der Waals surface area contributed by atoms with Crippen molar-refractivity contribution >= 4 is 22.8 Å². The van der Waals surface area contributed by atoms with E-state index in [1.165, 1.54) is 11.8 Å². The minimum Gasteiger partial charge on any atom is -0.416 e. The van der Waals surface area contributed by atoms with E-state index in [4.69, 9.17) is 4.42 Å². The molecule has 3 N–H and O–H groups in total. The van der Waals surface area contributed by atoms with Crippen LogP contribution in [0.25, 0.3) is 11.0 Å². The van der Waals surface area contributed by atoms with Gasteiger partial charge in [0.25, 0.3) is 10.8 Å². The number of nitrogens with one attached hydrogen (secondary N) is 3. The van der Waals surface area contributed by atoms with E-state index in [2.05, 4.69) is 30.1 Å². The Morgan fingerprint density at radius 2 is 1.96 bits per heavy atom. The third kappa shape index (κ3) is 3.31. The fraction of sp³-hybridized carbons (Fsp3) is 0.188. The summed E-state index contributed by atoms with van der Waals surface area (Å²) in [4.78, 5) is 35.6. The van der Waals surface area contributed by atoms with Crippen molar-refractivity contribution in [2.45, 2.75) is 24.3 Å². The number of benzene rings is 1. The predicted octanol–water partition coefficient (Wildman–Crippen LogP) is 1.51. The second-order valence-corrected chi connectivity index (χ2v) is 6.57. The van der Waals surface area contributed by atoms with Crippen LogP contribution in [0, 0.1) is 6.92 Å². The van der Waals surface area contributed by atoms with E-state index in [0.29, 0.717) is 28.1 Å². The van der Waals surface area contributed by atoms with Crippen LogP contribution in [0.2, 0.25) is 0 Å². The number of H-pyrrole nitrogens is 3. The smallest absolute Gasteiger partial charge is 0.325 e. The molecule has 0 radical (unpaired) electrons. The Balaban J connectivity index is 1.46. The summed E-state index contributed by atoms with van der Waals surface area (Å²) in [5.74, 6) is 1.66. The van der Waals surface area contributed by atoms with Crippen molar-refractivity contribution in [2.24, 2.45) is 0 Å². The molecule has 4 rings (SSSR count). The second-order valence-electron chi connectivity index (χ2n) is 5.64. The molecule has 0 bridgehead atoms. The minimum absolute atomic E-state index is 0.149. The molecule has 0 atom stereocenters. The van der Waals surface area contributed by atoms with E-state index >= 15 is 0 Å². The summed E-state index contributed by atoms with van der Waals surface area (Å²) in [6.45, 7) is 1.65. The van der Waals surface area contributed by atoms with Gasteiger partial charge in [0.05, 0.1) is 23.2 Å². The molecular weight excluding hydrogens is 356 g/mol. The average Bonchev–Trinajstić information content (AvgIpc) is 3.22. The van der Waals surface area contributed by atoms with E-state index in [0.717, 1.165) is 16.9 Å². The highest BCUT2D eigenvalue weighted by Crippen LogP contribution is 2.22. The summed E-state index contributed by atoms with van der Waals surface area (Å²) in [6, 6.07) is 7.79. The number of rotatable bonds is 5. The Morgan fingerprint density at radius 1 is 1.12 bits per heavy atom. The number of aryl methyl sites for hydroxylation is 1. The molecule has 0 saturated heterocycles. The Bertz CT molecular complexity index is 1160. The van der Waals surface area contributed by atoms with Crippen LogP contribution in [0.5, 0.6) is 0 Å². The highest BCUT2D eigenvalue weighted by atomic mass is 32.2. The van der Waals surface area contributed by atoms with Gasteiger partial charge in [0.2, 0.25) is 5.89 Å². The maximum absolute atomic E-state index is 11.9. The SMILES string of the molecule is Cc1[nH]c(=O)[nH]c(=O)c1Cc1nnc(SCc2nc3ccccc3[nH]2)o1. The maximum atomic E-state index is 11.9. The highest BCUT2D eigenvalue weighted by molar-refractivity contribution is 7.98. The molecule has 9 nitrogen and oxygen atoms in total. The maximum Gasteiger partial charge on any atom is 0.325 e. The number of fused-ring (bicyclic) bond motifs is 1. The van der Waals surface area contributed by atoms with Gasteiger partial charge in [0, 0.05) is 11.3 Å². The zero-order valence-electron chi connectivity index (χ0n) is 13.7. The number of nitrogens with zero attached hydrogens (tertiary/aromatic N) is 3. The molecule has 0 aliphatic carbocycles. The standard InChI is InChI=1S/C16H14N6O3S/c1-8-9(14(23)20-15(24)17-8)6-13-21-22-16(25-13)26-7-12-18-10-4-2-3-5-11(10)19-12/h2-5H,6-7H2,1H3,(H,18,19)(H2,17,20,23,24). The fourth-order valence-electron chi connectivity index (χ4n) is 2.56. The summed E-state index contributed by atoms with van der Waals surface area (Å²) in [5, 5.41) is 8.32. The fourth-order valence-corrected chi connectivity index (χ4v) is 3.21. The molecule has 0 spiro atoms. The third-order valence-corrected chi connectivity index (χ3v) is 4.63. The van der Waals surface area contributed by atoms with Crippen molar-refractivity contribution in [1.29, 1.82) is 0 Å². The lowest BCUT2D eigenvalue weighted by atomic mass is 10.2. The number of aromatic amines is 3. The molecular formula is C16H14N6O3S. The average molecular weight is 370 g/mol. The van der Waals surface area contributed by atoms with Gasteiger partial charge in [-0.15, -0.1) is 10.2 Å². The van der Waals surface area contributed by atoms with Crippen LogP contribution in [0.15, 0.2) is 43.5 Å². The van der Waals surface area contributed by atoms with Gasteiger partial charge in [-0.25, -0.2) is 9.78 Å². The zero-order chi connectivity index (χ0) is 18.1. The molecule has 0 fully saturated rings. The molecule has 10 heteroatoms. The summed E-state index contributed by atoms with van der Waals surface area (Å²) >= 11 is 1.35. The van der Waals surface area contributed by atoms with E-state index in [9.17, 15) is 9.59 Å². The van der Waals surface area contributed by atoms with Crippen molar-refractivity contribution in [3.63, 3.8) is 0 Å². The Kier molecular flexibility index (Phi) is 4.17. The van der Waals surface area contributed by atoms with Crippen LogP contribution in [-0.4, -0.2) is 30.1 Å². The largest absolute Gasteiger partial charge is 0.416 e. The number of para-hydroxylation sites is 2. The van der Waals surface area contributed by atoms with Gasteiger partial charge >= 0.3 is 5.69 Å². The first kappa shape index (κ1) is 16.3. The number of imidazole rings is 1. The molecule has 1 aromatic carbocycles. The molecule has 0 unspecified atom stereocenters. The quantitative estimate of drug-likeness (QED) is 0.453.